The molecule has 1 amide bonds. The maximum absolute atomic E-state index is 11.8. The van der Waals surface area contributed by atoms with Gasteiger partial charge in [0.05, 0.1) is 6.61 Å². The van der Waals surface area contributed by atoms with E-state index < -0.39 is 0 Å². The van der Waals surface area contributed by atoms with E-state index >= 15 is 0 Å². The highest BCUT2D eigenvalue weighted by molar-refractivity contribution is 5.94. The predicted molar refractivity (Wildman–Crippen MR) is 69.4 cm³/mol. The van der Waals surface area contributed by atoms with Crippen molar-refractivity contribution in [1.29, 1.82) is 0 Å². The van der Waals surface area contributed by atoms with E-state index in [9.17, 15) is 4.79 Å². The third-order valence-corrected chi connectivity index (χ3v) is 2.53. The van der Waals surface area contributed by atoms with Crippen LogP contribution >= 0.6 is 0 Å². The van der Waals surface area contributed by atoms with Gasteiger partial charge in [-0.25, -0.2) is 0 Å². The number of hydrogen-bond acceptors (Lipinski definition) is 2. The van der Waals surface area contributed by atoms with Crippen LogP contribution in [0.3, 0.4) is 0 Å². The molecule has 0 aromatic heterocycles. The molecule has 0 unspecified atom stereocenters. The summed E-state index contributed by atoms with van der Waals surface area (Å²) >= 11 is 0. The van der Waals surface area contributed by atoms with Crippen molar-refractivity contribution < 1.29 is 9.53 Å². The molecule has 0 fully saturated rings. The lowest BCUT2D eigenvalue weighted by Crippen LogP contribution is -2.32. The molecule has 0 aliphatic heterocycles. The summed E-state index contributed by atoms with van der Waals surface area (Å²) in [6.07, 6.45) is 2.08. The smallest absolute Gasteiger partial charge is 0.251 e. The molecule has 0 heterocycles. The fraction of sp³-hybridized carbons (Fsp3) is 0.500. The fourth-order valence-electron chi connectivity index (χ4n) is 1.68. The third kappa shape index (κ3) is 4.47. The average Bonchev–Trinajstić information content (AvgIpc) is 2.30. The largest absolute Gasteiger partial charge is 0.494 e. The topological polar surface area (TPSA) is 38.3 Å². The molecular weight excluding hydrogens is 214 g/mol. The van der Waals surface area contributed by atoms with Crippen molar-refractivity contribution in [2.24, 2.45) is 0 Å². The summed E-state index contributed by atoms with van der Waals surface area (Å²) < 4.78 is 5.33. The second-order valence-corrected chi connectivity index (χ2v) is 4.12. The van der Waals surface area contributed by atoms with E-state index in [1.165, 1.54) is 0 Å². The summed E-state index contributed by atoms with van der Waals surface area (Å²) in [5.74, 6) is 0.777. The van der Waals surface area contributed by atoms with Gasteiger partial charge in [0.2, 0.25) is 0 Å². The monoisotopic (exact) mass is 235 g/mol. The standard InChI is InChI=1S/C14H21NO2/c1-4-6-11(3)15-14(16)12-7-9-13(10-8-12)17-5-2/h7-11H,4-6H2,1-3H3,(H,15,16)/t11-/m1/s1. The minimum absolute atomic E-state index is 0.0194. The number of benzene rings is 1. The molecule has 1 rings (SSSR count). The first-order chi connectivity index (χ1) is 8.17. The zero-order chi connectivity index (χ0) is 12.7. The minimum atomic E-state index is -0.0194. The molecule has 0 aliphatic carbocycles. The number of carbonyl (C=O) groups excluding carboxylic acids is 1. The van der Waals surface area contributed by atoms with Gasteiger partial charge in [-0.1, -0.05) is 13.3 Å². The molecule has 3 heteroatoms. The van der Waals surface area contributed by atoms with E-state index in [0.717, 1.165) is 18.6 Å². The molecule has 1 N–H and O–H groups in total. The minimum Gasteiger partial charge on any atom is -0.494 e. The van der Waals surface area contributed by atoms with Crippen molar-refractivity contribution in [3.05, 3.63) is 29.8 Å². The average molecular weight is 235 g/mol. The molecule has 0 aliphatic rings. The SMILES string of the molecule is CCC[C@@H](C)NC(=O)c1ccc(OCC)cc1. The molecule has 1 aromatic rings. The van der Waals surface area contributed by atoms with Gasteiger partial charge >= 0.3 is 0 Å². The van der Waals surface area contributed by atoms with Crippen molar-refractivity contribution in [3.8, 4) is 5.75 Å². The number of carbonyl (C=O) groups is 1. The molecule has 94 valence electrons. The third-order valence-electron chi connectivity index (χ3n) is 2.53. The Hall–Kier alpha value is -1.51. The first-order valence-corrected chi connectivity index (χ1v) is 6.21. The van der Waals surface area contributed by atoms with Crippen molar-refractivity contribution in [3.63, 3.8) is 0 Å². The van der Waals surface area contributed by atoms with Gasteiger partial charge in [-0.05, 0) is 44.5 Å². The lowest BCUT2D eigenvalue weighted by molar-refractivity contribution is 0.0938. The summed E-state index contributed by atoms with van der Waals surface area (Å²) in [5.41, 5.74) is 0.677. The van der Waals surface area contributed by atoms with Crippen LogP contribution in [0, 0.1) is 0 Å². The van der Waals surface area contributed by atoms with E-state index in [0.29, 0.717) is 12.2 Å². The Bertz CT molecular complexity index is 346. The number of nitrogens with one attached hydrogen (secondary N) is 1. The maximum Gasteiger partial charge on any atom is 0.251 e. The Kier molecular flexibility index (Phi) is 5.53. The van der Waals surface area contributed by atoms with Crippen LogP contribution in [-0.4, -0.2) is 18.6 Å². The molecule has 3 nitrogen and oxygen atoms in total. The molecule has 0 saturated carbocycles. The lowest BCUT2D eigenvalue weighted by atomic mass is 10.1. The first kappa shape index (κ1) is 13.6. The predicted octanol–water partition coefficient (Wildman–Crippen LogP) is 3.00. The highest BCUT2D eigenvalue weighted by atomic mass is 16.5. The molecule has 0 spiro atoms. The number of rotatable bonds is 6. The Morgan fingerprint density at radius 3 is 2.47 bits per heavy atom. The number of ether oxygens (including phenoxy) is 1. The molecule has 0 saturated heterocycles. The number of amides is 1. The van der Waals surface area contributed by atoms with Crippen molar-refractivity contribution >= 4 is 5.91 Å². The van der Waals surface area contributed by atoms with Crippen molar-refractivity contribution in [2.45, 2.75) is 39.7 Å². The summed E-state index contributed by atoms with van der Waals surface area (Å²) in [6, 6.07) is 7.45. The van der Waals surface area contributed by atoms with Gasteiger partial charge in [0, 0.05) is 11.6 Å². The Balaban J connectivity index is 2.57. The molecular formula is C14H21NO2. The van der Waals surface area contributed by atoms with Crippen LogP contribution in [0.1, 0.15) is 44.0 Å². The van der Waals surface area contributed by atoms with Crippen LogP contribution in [0.4, 0.5) is 0 Å². The normalized spacial score (nSPS) is 11.9. The Morgan fingerprint density at radius 1 is 1.29 bits per heavy atom. The Labute approximate surface area is 103 Å². The van der Waals surface area contributed by atoms with Crippen LogP contribution in [0.25, 0.3) is 0 Å². The Morgan fingerprint density at radius 2 is 1.94 bits per heavy atom. The molecule has 1 atom stereocenters. The second kappa shape index (κ2) is 6.94. The second-order valence-electron chi connectivity index (χ2n) is 4.12. The van der Waals surface area contributed by atoms with Gasteiger partial charge in [0.15, 0.2) is 0 Å². The van der Waals surface area contributed by atoms with Crippen molar-refractivity contribution in [2.75, 3.05) is 6.61 Å². The molecule has 0 bridgehead atoms. The van der Waals surface area contributed by atoms with Crippen LogP contribution in [0.5, 0.6) is 5.75 Å². The summed E-state index contributed by atoms with van der Waals surface area (Å²) in [5, 5.41) is 2.97. The van der Waals surface area contributed by atoms with E-state index in [1.807, 2.05) is 26.0 Å². The van der Waals surface area contributed by atoms with E-state index in [1.54, 1.807) is 12.1 Å². The van der Waals surface area contributed by atoms with Gasteiger partial charge in [-0.2, -0.15) is 0 Å². The quantitative estimate of drug-likeness (QED) is 0.823. The van der Waals surface area contributed by atoms with Crippen molar-refractivity contribution in [1.82, 2.24) is 5.32 Å². The van der Waals surface area contributed by atoms with Crippen LogP contribution in [0.2, 0.25) is 0 Å². The highest BCUT2D eigenvalue weighted by Gasteiger charge is 2.08. The van der Waals surface area contributed by atoms with Gasteiger partial charge < -0.3 is 10.1 Å². The summed E-state index contributed by atoms with van der Waals surface area (Å²) in [6.45, 7) is 6.71. The molecule has 0 radical (unpaired) electrons. The van der Waals surface area contributed by atoms with E-state index in [-0.39, 0.29) is 11.9 Å². The molecule has 1 aromatic carbocycles. The molecule has 17 heavy (non-hydrogen) atoms. The van der Waals surface area contributed by atoms with Gasteiger partial charge in [0.1, 0.15) is 5.75 Å². The van der Waals surface area contributed by atoms with E-state index in [2.05, 4.69) is 12.2 Å². The maximum atomic E-state index is 11.8. The first-order valence-electron chi connectivity index (χ1n) is 6.21. The fourth-order valence-corrected chi connectivity index (χ4v) is 1.68. The zero-order valence-corrected chi connectivity index (χ0v) is 10.8. The van der Waals surface area contributed by atoms with Crippen LogP contribution < -0.4 is 10.1 Å². The summed E-state index contributed by atoms with van der Waals surface area (Å²) in [7, 11) is 0. The zero-order valence-electron chi connectivity index (χ0n) is 10.8. The number of hydrogen-bond donors (Lipinski definition) is 1. The van der Waals surface area contributed by atoms with Crippen LogP contribution in [0.15, 0.2) is 24.3 Å². The van der Waals surface area contributed by atoms with Gasteiger partial charge in [0.25, 0.3) is 5.91 Å². The van der Waals surface area contributed by atoms with Crippen LogP contribution in [-0.2, 0) is 0 Å². The highest BCUT2D eigenvalue weighted by Crippen LogP contribution is 2.12. The summed E-state index contributed by atoms with van der Waals surface area (Å²) in [4.78, 5) is 11.8. The lowest BCUT2D eigenvalue weighted by Gasteiger charge is -2.12. The van der Waals surface area contributed by atoms with Gasteiger partial charge in [-0.15, -0.1) is 0 Å². The van der Waals surface area contributed by atoms with Gasteiger partial charge in [-0.3, -0.25) is 4.79 Å². The van der Waals surface area contributed by atoms with E-state index in [4.69, 9.17) is 4.74 Å².